The van der Waals surface area contributed by atoms with Crippen LogP contribution in [-0.2, 0) is 7.05 Å². The lowest BCUT2D eigenvalue weighted by atomic mass is 10.3. The molecule has 0 fully saturated rings. The van der Waals surface area contributed by atoms with Gasteiger partial charge in [0, 0.05) is 18.9 Å². The number of hydrogen-bond acceptors (Lipinski definition) is 7. The minimum absolute atomic E-state index is 0.0223. The predicted octanol–water partition coefficient (Wildman–Crippen LogP) is 3.62. The third kappa shape index (κ3) is 3.74. The van der Waals surface area contributed by atoms with Crippen LogP contribution >= 0.6 is 23.1 Å². The maximum Gasteiger partial charge on any atom is 0.273 e. The van der Waals surface area contributed by atoms with Gasteiger partial charge in [0.2, 0.25) is 0 Å². The van der Waals surface area contributed by atoms with Crippen molar-refractivity contribution in [2.75, 3.05) is 12.4 Å². The van der Waals surface area contributed by atoms with Crippen LogP contribution in [0.5, 0.6) is 5.75 Å². The number of hydrogen-bond donors (Lipinski definition) is 0. The molecule has 2 heterocycles. The second-order valence-electron chi connectivity index (χ2n) is 4.79. The van der Waals surface area contributed by atoms with E-state index in [0.717, 1.165) is 15.9 Å². The summed E-state index contributed by atoms with van der Waals surface area (Å²) in [5.41, 5.74) is 0.0223. The van der Waals surface area contributed by atoms with Crippen LogP contribution < -0.4 is 4.74 Å². The van der Waals surface area contributed by atoms with Gasteiger partial charge in [-0.1, -0.05) is 23.9 Å². The Morgan fingerprint density at radius 3 is 2.96 bits per heavy atom. The molecule has 0 aliphatic heterocycles. The van der Waals surface area contributed by atoms with Crippen LogP contribution in [0.4, 0.5) is 5.69 Å². The first-order chi connectivity index (χ1) is 11.6. The highest BCUT2D eigenvalue weighted by Gasteiger charge is 2.12. The van der Waals surface area contributed by atoms with Gasteiger partial charge in [-0.05, 0) is 17.5 Å². The molecule has 0 radical (unpaired) electrons. The first-order valence-corrected chi connectivity index (χ1v) is 8.95. The van der Waals surface area contributed by atoms with Gasteiger partial charge in [-0.25, -0.2) is 0 Å². The smallest absolute Gasteiger partial charge is 0.273 e. The molecule has 0 unspecified atom stereocenters. The molecule has 0 spiro atoms. The molecule has 0 saturated carbocycles. The minimum Gasteiger partial charge on any atom is -0.492 e. The van der Waals surface area contributed by atoms with E-state index >= 15 is 0 Å². The van der Waals surface area contributed by atoms with Gasteiger partial charge in [0.25, 0.3) is 5.69 Å². The number of nitro benzene ring substituents is 1. The second-order valence-corrected chi connectivity index (χ2v) is 6.80. The second kappa shape index (κ2) is 7.45. The van der Waals surface area contributed by atoms with Gasteiger partial charge in [0.1, 0.15) is 5.75 Å². The van der Waals surface area contributed by atoms with Gasteiger partial charge in [0.15, 0.2) is 11.0 Å². The Kier molecular flexibility index (Phi) is 5.11. The Morgan fingerprint density at radius 2 is 2.21 bits per heavy atom. The van der Waals surface area contributed by atoms with E-state index in [0.29, 0.717) is 18.1 Å². The Bertz CT molecular complexity index is 833. The van der Waals surface area contributed by atoms with Crippen LogP contribution in [0.25, 0.3) is 10.7 Å². The molecule has 3 aromatic rings. The quantitative estimate of drug-likeness (QED) is 0.276. The summed E-state index contributed by atoms with van der Waals surface area (Å²) in [4.78, 5) is 11.4. The van der Waals surface area contributed by atoms with Crippen molar-refractivity contribution in [3.05, 3.63) is 51.9 Å². The zero-order chi connectivity index (χ0) is 16.9. The Balaban J connectivity index is 1.54. The third-order valence-corrected chi connectivity index (χ3v) is 5.04. The van der Waals surface area contributed by atoms with Crippen molar-refractivity contribution in [1.82, 2.24) is 14.8 Å². The molecule has 0 saturated heterocycles. The van der Waals surface area contributed by atoms with E-state index in [2.05, 4.69) is 10.2 Å². The Labute approximate surface area is 146 Å². The summed E-state index contributed by atoms with van der Waals surface area (Å²) in [7, 11) is 1.93. The fraction of sp³-hybridized carbons (Fsp3) is 0.200. The normalized spacial score (nSPS) is 10.7. The highest BCUT2D eigenvalue weighted by atomic mass is 32.2. The van der Waals surface area contributed by atoms with Crippen LogP contribution in [0.1, 0.15) is 0 Å². The van der Waals surface area contributed by atoms with E-state index in [9.17, 15) is 10.1 Å². The van der Waals surface area contributed by atoms with E-state index in [1.54, 1.807) is 23.5 Å². The largest absolute Gasteiger partial charge is 0.492 e. The summed E-state index contributed by atoms with van der Waals surface area (Å²) < 4.78 is 7.51. The topological polar surface area (TPSA) is 83.1 Å². The van der Waals surface area contributed by atoms with E-state index in [-0.39, 0.29) is 5.69 Å². The number of rotatable bonds is 7. The highest BCUT2D eigenvalue weighted by molar-refractivity contribution is 7.99. The first kappa shape index (κ1) is 16.5. The van der Waals surface area contributed by atoms with Crippen LogP contribution in [0.15, 0.2) is 46.9 Å². The Morgan fingerprint density at radius 1 is 1.33 bits per heavy atom. The molecule has 0 atom stereocenters. The molecule has 1 aromatic carbocycles. The standard InChI is InChI=1S/C15H14N4O3S2/c1-18-14(13-6-3-8-23-13)16-17-15(18)24-9-7-22-12-5-2-4-11(10-12)19(20)21/h2-6,8,10H,7,9H2,1H3. The van der Waals surface area contributed by atoms with Gasteiger partial charge in [-0.2, -0.15) is 0 Å². The zero-order valence-electron chi connectivity index (χ0n) is 12.8. The number of ether oxygens (including phenoxy) is 1. The van der Waals surface area contributed by atoms with Crippen LogP contribution in [-0.4, -0.2) is 32.0 Å². The summed E-state index contributed by atoms with van der Waals surface area (Å²) in [6.45, 7) is 0.424. The lowest BCUT2D eigenvalue weighted by molar-refractivity contribution is -0.384. The predicted molar refractivity (Wildman–Crippen MR) is 93.6 cm³/mol. The molecule has 3 rings (SSSR count). The molecule has 2 aromatic heterocycles. The fourth-order valence-corrected chi connectivity index (χ4v) is 3.51. The maximum atomic E-state index is 10.7. The van der Waals surface area contributed by atoms with Crippen molar-refractivity contribution >= 4 is 28.8 Å². The van der Waals surface area contributed by atoms with Crippen molar-refractivity contribution in [2.45, 2.75) is 5.16 Å². The first-order valence-electron chi connectivity index (χ1n) is 7.08. The molecular weight excluding hydrogens is 348 g/mol. The molecule has 9 heteroatoms. The summed E-state index contributed by atoms with van der Waals surface area (Å²) in [6.07, 6.45) is 0. The third-order valence-electron chi connectivity index (χ3n) is 3.19. The highest BCUT2D eigenvalue weighted by Crippen LogP contribution is 2.26. The van der Waals surface area contributed by atoms with Crippen molar-refractivity contribution in [2.24, 2.45) is 7.05 Å². The van der Waals surface area contributed by atoms with Gasteiger partial charge in [-0.15, -0.1) is 21.5 Å². The Hall–Kier alpha value is -2.39. The van der Waals surface area contributed by atoms with E-state index in [1.165, 1.54) is 23.9 Å². The zero-order valence-corrected chi connectivity index (χ0v) is 14.4. The average molecular weight is 362 g/mol. The lowest BCUT2D eigenvalue weighted by Gasteiger charge is -2.06. The maximum absolute atomic E-state index is 10.7. The molecule has 0 amide bonds. The van der Waals surface area contributed by atoms with Gasteiger partial charge >= 0.3 is 0 Å². The molecule has 0 aliphatic rings. The minimum atomic E-state index is -0.437. The molecule has 0 aliphatic carbocycles. The number of benzene rings is 1. The summed E-state index contributed by atoms with van der Waals surface area (Å²) in [5.74, 6) is 1.99. The number of aromatic nitrogens is 3. The fourth-order valence-electron chi connectivity index (χ4n) is 2.04. The van der Waals surface area contributed by atoms with Crippen LogP contribution in [0.3, 0.4) is 0 Å². The van der Waals surface area contributed by atoms with E-state index in [1.807, 2.05) is 29.1 Å². The number of nitrogens with zero attached hydrogens (tertiary/aromatic N) is 4. The number of thioether (sulfide) groups is 1. The summed E-state index contributed by atoms with van der Waals surface area (Å²) in [5, 5.41) is 21.9. The summed E-state index contributed by atoms with van der Waals surface area (Å²) >= 11 is 3.15. The molecule has 124 valence electrons. The van der Waals surface area contributed by atoms with E-state index in [4.69, 9.17) is 4.74 Å². The molecule has 0 N–H and O–H groups in total. The number of non-ortho nitro benzene ring substituents is 1. The molecule has 24 heavy (non-hydrogen) atoms. The number of thiophene rings is 1. The molecule has 0 bridgehead atoms. The molecule has 7 nitrogen and oxygen atoms in total. The van der Waals surface area contributed by atoms with E-state index < -0.39 is 4.92 Å². The van der Waals surface area contributed by atoms with Gasteiger partial charge in [0.05, 0.1) is 22.5 Å². The number of nitro groups is 1. The SMILES string of the molecule is Cn1c(SCCOc2cccc([N+](=O)[O-])c2)nnc1-c1cccs1. The van der Waals surface area contributed by atoms with Crippen molar-refractivity contribution < 1.29 is 9.66 Å². The van der Waals surface area contributed by atoms with Crippen LogP contribution in [0.2, 0.25) is 0 Å². The van der Waals surface area contributed by atoms with Crippen LogP contribution in [0, 0.1) is 10.1 Å². The molecular formula is C15H14N4O3S2. The van der Waals surface area contributed by atoms with Crippen molar-refractivity contribution in [3.63, 3.8) is 0 Å². The van der Waals surface area contributed by atoms with Crippen molar-refractivity contribution in [3.8, 4) is 16.5 Å². The lowest BCUT2D eigenvalue weighted by Crippen LogP contribution is -2.02. The average Bonchev–Trinajstić information content (AvgIpc) is 3.22. The van der Waals surface area contributed by atoms with Crippen molar-refractivity contribution in [1.29, 1.82) is 0 Å². The monoisotopic (exact) mass is 362 g/mol. The van der Waals surface area contributed by atoms with Gasteiger partial charge in [-0.3, -0.25) is 10.1 Å². The summed E-state index contributed by atoms with van der Waals surface area (Å²) in [6, 6.07) is 10.2. The van der Waals surface area contributed by atoms with Gasteiger partial charge < -0.3 is 9.30 Å².